The number of carboxylic acids is 1. The maximum Gasteiger partial charge on any atom is 0.326 e. The molecular formula is C15H14BrNO4. The number of nitrogens with one attached hydrogen (secondary N) is 1. The van der Waals surface area contributed by atoms with Crippen LogP contribution >= 0.6 is 15.9 Å². The molecule has 110 valence electrons. The first kappa shape index (κ1) is 14.1. The van der Waals surface area contributed by atoms with E-state index in [-0.39, 0.29) is 11.7 Å². The lowest BCUT2D eigenvalue weighted by Crippen LogP contribution is -2.42. The standard InChI is InChI=1S/C15H14BrNO4/c1-7-10-6-9(16)4-5-11(10)21-13(7)14(18)17-12(15(19)20)8-2-3-8/h4-6,8,12H,2-3H2,1H3,(H,17,18)(H,19,20). The minimum Gasteiger partial charge on any atom is -0.480 e. The Balaban J connectivity index is 1.90. The van der Waals surface area contributed by atoms with E-state index in [9.17, 15) is 14.7 Å². The van der Waals surface area contributed by atoms with Crippen LogP contribution in [0.15, 0.2) is 27.1 Å². The van der Waals surface area contributed by atoms with Gasteiger partial charge in [0.25, 0.3) is 5.91 Å². The number of carbonyl (C=O) groups excluding carboxylic acids is 1. The van der Waals surface area contributed by atoms with E-state index in [1.807, 2.05) is 12.1 Å². The fraction of sp³-hybridized carbons (Fsp3) is 0.333. The molecule has 1 amide bonds. The minimum atomic E-state index is -0.998. The van der Waals surface area contributed by atoms with Gasteiger partial charge >= 0.3 is 5.97 Å². The van der Waals surface area contributed by atoms with Gasteiger partial charge in [-0.25, -0.2) is 4.79 Å². The summed E-state index contributed by atoms with van der Waals surface area (Å²) < 4.78 is 6.47. The highest BCUT2D eigenvalue weighted by Gasteiger charge is 2.38. The number of hydrogen-bond acceptors (Lipinski definition) is 3. The maximum atomic E-state index is 12.3. The summed E-state index contributed by atoms with van der Waals surface area (Å²) in [4.78, 5) is 23.5. The first-order chi connectivity index (χ1) is 9.97. The lowest BCUT2D eigenvalue weighted by molar-refractivity contribution is -0.139. The molecule has 1 atom stereocenters. The molecule has 1 aromatic carbocycles. The fourth-order valence-corrected chi connectivity index (χ4v) is 2.79. The van der Waals surface area contributed by atoms with Gasteiger partial charge in [0.15, 0.2) is 5.76 Å². The molecule has 2 N–H and O–H groups in total. The number of benzene rings is 1. The van der Waals surface area contributed by atoms with Crippen LogP contribution < -0.4 is 5.32 Å². The third-order valence-corrected chi connectivity index (χ3v) is 4.24. The lowest BCUT2D eigenvalue weighted by atomic mass is 10.1. The third kappa shape index (κ3) is 2.68. The normalized spacial score (nSPS) is 15.9. The van der Waals surface area contributed by atoms with Crippen LogP contribution in [0.5, 0.6) is 0 Å². The lowest BCUT2D eigenvalue weighted by Gasteiger charge is -2.12. The number of aryl methyl sites for hydroxylation is 1. The van der Waals surface area contributed by atoms with Crippen LogP contribution in [0.2, 0.25) is 0 Å². The largest absolute Gasteiger partial charge is 0.480 e. The highest BCUT2D eigenvalue weighted by atomic mass is 79.9. The van der Waals surface area contributed by atoms with E-state index in [1.165, 1.54) is 0 Å². The SMILES string of the molecule is Cc1c(C(=O)NC(C(=O)O)C2CC2)oc2ccc(Br)cc12. The Labute approximate surface area is 129 Å². The van der Waals surface area contributed by atoms with E-state index in [2.05, 4.69) is 21.2 Å². The first-order valence-corrected chi connectivity index (χ1v) is 7.49. The molecule has 1 aliphatic rings. The summed E-state index contributed by atoms with van der Waals surface area (Å²) in [5, 5.41) is 12.6. The van der Waals surface area contributed by atoms with Crippen molar-refractivity contribution >= 4 is 38.8 Å². The summed E-state index contributed by atoms with van der Waals surface area (Å²) in [6.45, 7) is 1.79. The van der Waals surface area contributed by atoms with Gasteiger partial charge in [-0.2, -0.15) is 0 Å². The number of carboxylic acid groups (broad SMARTS) is 1. The van der Waals surface area contributed by atoms with Crippen molar-refractivity contribution in [3.63, 3.8) is 0 Å². The molecule has 0 bridgehead atoms. The van der Waals surface area contributed by atoms with E-state index < -0.39 is 17.9 Å². The molecule has 0 aliphatic heterocycles. The van der Waals surface area contributed by atoms with Crippen LogP contribution in [-0.2, 0) is 4.79 Å². The third-order valence-electron chi connectivity index (χ3n) is 3.75. The molecule has 1 saturated carbocycles. The summed E-state index contributed by atoms with van der Waals surface area (Å²) in [5.41, 5.74) is 1.32. The van der Waals surface area contributed by atoms with Crippen molar-refractivity contribution in [2.24, 2.45) is 5.92 Å². The maximum absolute atomic E-state index is 12.3. The number of rotatable bonds is 4. The number of furan rings is 1. The van der Waals surface area contributed by atoms with Crippen LogP contribution in [0.25, 0.3) is 11.0 Å². The van der Waals surface area contributed by atoms with E-state index >= 15 is 0 Å². The van der Waals surface area contributed by atoms with Crippen LogP contribution in [0.1, 0.15) is 29.0 Å². The average Bonchev–Trinajstić information content (AvgIpc) is 3.21. The number of carbonyl (C=O) groups is 2. The van der Waals surface area contributed by atoms with Gasteiger partial charge in [-0.1, -0.05) is 15.9 Å². The molecule has 5 nitrogen and oxygen atoms in total. The average molecular weight is 352 g/mol. The minimum absolute atomic E-state index is 0.0327. The predicted molar refractivity (Wildman–Crippen MR) is 80.3 cm³/mol. The van der Waals surface area contributed by atoms with Crippen molar-refractivity contribution in [2.75, 3.05) is 0 Å². The van der Waals surface area contributed by atoms with Gasteiger partial charge in [-0.3, -0.25) is 4.79 Å². The number of fused-ring (bicyclic) bond motifs is 1. The molecule has 0 radical (unpaired) electrons. The number of hydrogen-bond donors (Lipinski definition) is 2. The zero-order valence-corrected chi connectivity index (χ0v) is 12.9. The summed E-state index contributed by atoms with van der Waals surface area (Å²) in [6, 6.07) is 4.65. The Morgan fingerprint density at radius 2 is 2.14 bits per heavy atom. The topological polar surface area (TPSA) is 79.5 Å². The van der Waals surface area contributed by atoms with Crippen molar-refractivity contribution in [3.05, 3.63) is 34.0 Å². The molecule has 0 saturated heterocycles. The zero-order chi connectivity index (χ0) is 15.1. The van der Waals surface area contributed by atoms with E-state index in [1.54, 1.807) is 13.0 Å². The van der Waals surface area contributed by atoms with Crippen LogP contribution in [-0.4, -0.2) is 23.0 Å². The monoisotopic (exact) mass is 351 g/mol. The van der Waals surface area contributed by atoms with Crippen molar-refractivity contribution in [3.8, 4) is 0 Å². The molecule has 1 unspecified atom stereocenters. The number of halogens is 1. The van der Waals surface area contributed by atoms with Crippen LogP contribution in [0, 0.1) is 12.8 Å². The summed E-state index contributed by atoms with van der Waals surface area (Å²) >= 11 is 3.38. The molecule has 1 heterocycles. The second kappa shape index (κ2) is 5.18. The summed E-state index contributed by atoms with van der Waals surface area (Å²) in [5.74, 6) is -1.26. The molecule has 3 rings (SSSR count). The fourth-order valence-electron chi connectivity index (χ4n) is 2.43. The number of aliphatic carboxylic acids is 1. The zero-order valence-electron chi connectivity index (χ0n) is 11.4. The van der Waals surface area contributed by atoms with Gasteiger partial charge in [0.1, 0.15) is 11.6 Å². The van der Waals surface area contributed by atoms with E-state index in [0.717, 1.165) is 22.7 Å². The molecule has 2 aromatic rings. The Hall–Kier alpha value is -1.82. The van der Waals surface area contributed by atoms with Crippen LogP contribution in [0.4, 0.5) is 0 Å². The molecule has 1 fully saturated rings. The van der Waals surface area contributed by atoms with E-state index in [0.29, 0.717) is 11.1 Å². The Morgan fingerprint density at radius 1 is 1.43 bits per heavy atom. The number of amides is 1. The molecule has 6 heteroatoms. The Morgan fingerprint density at radius 3 is 2.76 bits per heavy atom. The predicted octanol–water partition coefficient (Wildman–Crippen LogP) is 3.10. The van der Waals surface area contributed by atoms with Gasteiger partial charge in [0.2, 0.25) is 0 Å². The van der Waals surface area contributed by atoms with Gasteiger partial charge in [-0.05, 0) is 43.9 Å². The first-order valence-electron chi connectivity index (χ1n) is 6.69. The van der Waals surface area contributed by atoms with Gasteiger partial charge < -0.3 is 14.8 Å². The van der Waals surface area contributed by atoms with Gasteiger partial charge in [0.05, 0.1) is 0 Å². The quantitative estimate of drug-likeness (QED) is 0.886. The molecule has 0 spiro atoms. The van der Waals surface area contributed by atoms with Gasteiger partial charge in [-0.15, -0.1) is 0 Å². The highest BCUT2D eigenvalue weighted by Crippen LogP contribution is 2.33. The summed E-state index contributed by atoms with van der Waals surface area (Å²) in [6.07, 6.45) is 1.67. The molecule has 21 heavy (non-hydrogen) atoms. The second-order valence-corrected chi connectivity index (χ2v) is 6.24. The van der Waals surface area contributed by atoms with Crippen molar-refractivity contribution < 1.29 is 19.1 Å². The summed E-state index contributed by atoms with van der Waals surface area (Å²) in [7, 11) is 0. The molecular weight excluding hydrogens is 338 g/mol. The molecule has 1 aromatic heterocycles. The van der Waals surface area contributed by atoms with Crippen molar-refractivity contribution in [1.29, 1.82) is 0 Å². The highest BCUT2D eigenvalue weighted by molar-refractivity contribution is 9.10. The van der Waals surface area contributed by atoms with Gasteiger partial charge in [0, 0.05) is 15.4 Å². The smallest absolute Gasteiger partial charge is 0.326 e. The molecule has 1 aliphatic carbocycles. The van der Waals surface area contributed by atoms with E-state index in [4.69, 9.17) is 4.42 Å². The Bertz CT molecular complexity index is 733. The second-order valence-electron chi connectivity index (χ2n) is 5.32. The van der Waals surface area contributed by atoms with Crippen molar-refractivity contribution in [1.82, 2.24) is 5.32 Å². The van der Waals surface area contributed by atoms with Crippen molar-refractivity contribution in [2.45, 2.75) is 25.8 Å². The Kier molecular flexibility index (Phi) is 3.49. The van der Waals surface area contributed by atoms with Crippen LogP contribution in [0.3, 0.4) is 0 Å².